The molecule has 4 aromatic heterocycles. The first kappa shape index (κ1) is 23.1. The molecule has 13 heteroatoms. The van der Waals surface area contributed by atoms with E-state index < -0.39 is 4.92 Å². The van der Waals surface area contributed by atoms with E-state index in [1.165, 1.54) is 40.6 Å². The van der Waals surface area contributed by atoms with Crippen LogP contribution in [0.5, 0.6) is 0 Å². The minimum Gasteiger partial charge on any atom is -0.349 e. The second-order valence-electron chi connectivity index (χ2n) is 7.96. The molecule has 1 amide bonds. The van der Waals surface area contributed by atoms with Crippen LogP contribution in [0.2, 0.25) is 0 Å². The first-order valence-electron chi connectivity index (χ1n) is 10.9. The lowest BCUT2D eigenvalue weighted by Crippen LogP contribution is -2.27. The number of carbonyl (C=O) groups excluding carboxylic acids is 1. The Kier molecular flexibility index (Phi) is 6.12. The summed E-state index contributed by atoms with van der Waals surface area (Å²) in [7, 11) is 0. The van der Waals surface area contributed by atoms with Crippen LogP contribution in [0.25, 0.3) is 16.2 Å². The molecule has 1 aromatic carbocycles. The van der Waals surface area contributed by atoms with Gasteiger partial charge in [0.2, 0.25) is 0 Å². The highest BCUT2D eigenvalue weighted by Gasteiger charge is 2.16. The van der Waals surface area contributed by atoms with Crippen molar-refractivity contribution in [1.82, 2.24) is 34.2 Å². The molecular formula is C23H20N8O4S. The third-order valence-corrected chi connectivity index (χ3v) is 6.72. The van der Waals surface area contributed by atoms with Crippen molar-refractivity contribution >= 4 is 34.0 Å². The number of hydrogen-bond donors (Lipinski definition) is 1. The molecule has 0 radical (unpaired) electrons. The largest absolute Gasteiger partial charge is 0.349 e. The number of thiazole rings is 1. The third-order valence-electron chi connectivity index (χ3n) is 5.55. The molecule has 0 spiro atoms. The number of fused-ring (bicyclic) bond motifs is 1. The van der Waals surface area contributed by atoms with Crippen molar-refractivity contribution in [3.8, 4) is 5.13 Å². The van der Waals surface area contributed by atoms with Gasteiger partial charge in [0.15, 0.2) is 10.8 Å². The van der Waals surface area contributed by atoms with Crippen LogP contribution in [0.3, 0.4) is 0 Å². The van der Waals surface area contributed by atoms with Gasteiger partial charge >= 0.3 is 0 Å². The topological polar surface area (TPSA) is 143 Å². The van der Waals surface area contributed by atoms with E-state index in [1.54, 1.807) is 23.7 Å². The fourth-order valence-electron chi connectivity index (χ4n) is 3.71. The lowest BCUT2D eigenvalue weighted by Gasteiger charge is -2.07. The van der Waals surface area contributed by atoms with Crippen molar-refractivity contribution < 1.29 is 9.72 Å². The summed E-state index contributed by atoms with van der Waals surface area (Å²) in [4.78, 5) is 45.3. The van der Waals surface area contributed by atoms with Gasteiger partial charge in [-0.3, -0.25) is 24.3 Å². The lowest BCUT2D eigenvalue weighted by atomic mass is 10.2. The minimum atomic E-state index is -0.472. The molecule has 5 rings (SSSR count). The van der Waals surface area contributed by atoms with E-state index in [-0.39, 0.29) is 23.7 Å². The molecule has 0 aliphatic heterocycles. The number of hydrogen-bond acceptors (Lipinski definition) is 8. The number of amides is 1. The van der Waals surface area contributed by atoms with E-state index in [0.717, 1.165) is 10.7 Å². The number of carbonyl (C=O) groups is 1. The summed E-state index contributed by atoms with van der Waals surface area (Å²) in [5, 5.41) is 19.0. The lowest BCUT2D eigenvalue weighted by molar-refractivity contribution is -0.384. The Morgan fingerprint density at radius 3 is 2.67 bits per heavy atom. The molecule has 0 fully saturated rings. The highest BCUT2D eigenvalue weighted by molar-refractivity contribution is 7.16. The highest BCUT2D eigenvalue weighted by Crippen LogP contribution is 2.21. The number of nitro groups is 1. The zero-order chi connectivity index (χ0) is 25.2. The predicted octanol–water partition coefficient (Wildman–Crippen LogP) is 2.54. The van der Waals surface area contributed by atoms with Gasteiger partial charge in [-0.25, -0.2) is 14.6 Å². The number of aromatic nitrogens is 6. The molecule has 0 saturated heterocycles. The summed E-state index contributed by atoms with van der Waals surface area (Å²) >= 11 is 1.31. The fourth-order valence-corrected chi connectivity index (χ4v) is 4.66. The Bertz CT molecular complexity index is 1620. The molecule has 0 aliphatic rings. The van der Waals surface area contributed by atoms with Crippen LogP contribution in [0.4, 0.5) is 5.69 Å². The van der Waals surface area contributed by atoms with Crippen molar-refractivity contribution in [1.29, 1.82) is 0 Å². The standard InChI is InChI=1S/C23H20N8O4S/c1-15-19(36-23(27-15)28-9-2-3-10-28)21(32)24-8-11-30-20-18(12-26-30)22(33)29(14-25-20)13-16-4-6-17(7-5-16)31(34)35/h2-7,9-10,12,14H,8,11,13H2,1H3,(H,24,32). The maximum Gasteiger partial charge on any atom is 0.269 e. The quantitative estimate of drug-likeness (QED) is 0.253. The van der Waals surface area contributed by atoms with Crippen molar-refractivity contribution in [2.24, 2.45) is 0 Å². The number of rotatable bonds is 8. The number of non-ortho nitro benzene ring substituents is 1. The highest BCUT2D eigenvalue weighted by atomic mass is 32.1. The summed E-state index contributed by atoms with van der Waals surface area (Å²) in [6.45, 7) is 2.64. The first-order chi connectivity index (χ1) is 17.4. The van der Waals surface area contributed by atoms with Gasteiger partial charge in [0, 0.05) is 31.1 Å². The molecule has 4 heterocycles. The van der Waals surface area contributed by atoms with Crippen molar-refractivity contribution in [2.45, 2.75) is 20.0 Å². The van der Waals surface area contributed by atoms with Gasteiger partial charge in [-0.05, 0) is 24.6 Å². The van der Waals surface area contributed by atoms with E-state index in [4.69, 9.17) is 0 Å². The van der Waals surface area contributed by atoms with Crippen LogP contribution in [-0.2, 0) is 13.1 Å². The van der Waals surface area contributed by atoms with Crippen LogP contribution in [0.15, 0.2) is 66.1 Å². The van der Waals surface area contributed by atoms with Gasteiger partial charge in [-0.1, -0.05) is 23.5 Å². The Morgan fingerprint density at radius 2 is 1.94 bits per heavy atom. The normalized spacial score (nSPS) is 11.1. The molecule has 36 heavy (non-hydrogen) atoms. The molecule has 182 valence electrons. The van der Waals surface area contributed by atoms with Crippen LogP contribution >= 0.6 is 11.3 Å². The number of benzene rings is 1. The number of nitrogens with zero attached hydrogens (tertiary/aromatic N) is 7. The molecule has 0 atom stereocenters. The predicted molar refractivity (Wildman–Crippen MR) is 132 cm³/mol. The summed E-state index contributed by atoms with van der Waals surface area (Å²) in [6, 6.07) is 9.79. The van der Waals surface area contributed by atoms with Gasteiger partial charge in [-0.15, -0.1) is 0 Å². The fraction of sp³-hybridized carbons (Fsp3) is 0.174. The van der Waals surface area contributed by atoms with Gasteiger partial charge in [-0.2, -0.15) is 5.10 Å². The zero-order valence-electron chi connectivity index (χ0n) is 19.1. The smallest absolute Gasteiger partial charge is 0.269 e. The van der Waals surface area contributed by atoms with Crippen LogP contribution in [-0.4, -0.2) is 46.3 Å². The van der Waals surface area contributed by atoms with Gasteiger partial charge in [0.05, 0.1) is 29.9 Å². The van der Waals surface area contributed by atoms with E-state index in [1.807, 2.05) is 29.1 Å². The first-order valence-corrected chi connectivity index (χ1v) is 11.8. The second kappa shape index (κ2) is 9.54. The van der Waals surface area contributed by atoms with Gasteiger partial charge < -0.3 is 9.88 Å². The number of aryl methyl sites for hydroxylation is 1. The van der Waals surface area contributed by atoms with E-state index >= 15 is 0 Å². The van der Waals surface area contributed by atoms with Crippen LogP contribution in [0.1, 0.15) is 20.9 Å². The molecule has 1 N–H and O–H groups in total. The molecule has 12 nitrogen and oxygen atoms in total. The second-order valence-corrected chi connectivity index (χ2v) is 8.94. The summed E-state index contributed by atoms with van der Waals surface area (Å²) < 4.78 is 4.84. The van der Waals surface area contributed by atoms with Crippen molar-refractivity contribution in [3.63, 3.8) is 0 Å². The molecule has 0 saturated carbocycles. The SMILES string of the molecule is Cc1nc(-n2cccc2)sc1C(=O)NCCn1ncc2c(=O)n(Cc3ccc([N+](=O)[O-])cc3)cnc21. The molecular weight excluding hydrogens is 484 g/mol. The zero-order valence-corrected chi connectivity index (χ0v) is 19.9. The summed E-state index contributed by atoms with van der Waals surface area (Å²) in [5.74, 6) is -0.224. The average Bonchev–Trinajstić information content (AvgIpc) is 3.61. The Labute approximate surface area is 207 Å². The molecule has 5 aromatic rings. The van der Waals surface area contributed by atoms with E-state index in [9.17, 15) is 19.7 Å². The summed E-state index contributed by atoms with van der Waals surface area (Å²) in [6.07, 6.45) is 6.62. The van der Waals surface area contributed by atoms with E-state index in [2.05, 4.69) is 20.4 Å². The Morgan fingerprint density at radius 1 is 1.19 bits per heavy atom. The van der Waals surface area contributed by atoms with Gasteiger partial charge in [0.25, 0.3) is 17.2 Å². The molecule has 0 unspecified atom stereocenters. The number of nitro benzene ring substituents is 1. The van der Waals surface area contributed by atoms with Crippen molar-refractivity contribution in [3.05, 3.63) is 97.9 Å². The average molecular weight is 505 g/mol. The van der Waals surface area contributed by atoms with E-state index in [0.29, 0.717) is 34.7 Å². The van der Waals surface area contributed by atoms with Crippen molar-refractivity contribution in [2.75, 3.05) is 6.54 Å². The molecule has 0 bridgehead atoms. The summed E-state index contributed by atoms with van der Waals surface area (Å²) in [5.41, 5.74) is 1.52. The Hall–Kier alpha value is -4.65. The minimum absolute atomic E-state index is 0.0140. The molecule has 0 aliphatic carbocycles. The monoisotopic (exact) mass is 504 g/mol. The van der Waals surface area contributed by atoms with Gasteiger partial charge in [0.1, 0.15) is 16.6 Å². The maximum absolute atomic E-state index is 12.9. The number of nitrogens with one attached hydrogen (secondary N) is 1. The van der Waals surface area contributed by atoms with Crippen LogP contribution in [0, 0.1) is 17.0 Å². The van der Waals surface area contributed by atoms with Crippen LogP contribution < -0.4 is 10.9 Å². The Balaban J connectivity index is 1.25. The maximum atomic E-state index is 12.9. The third kappa shape index (κ3) is 4.51.